The molecule has 1 aliphatic rings. The maximum absolute atomic E-state index is 12.6. The van der Waals surface area contributed by atoms with E-state index in [1.807, 2.05) is 6.92 Å². The zero-order valence-corrected chi connectivity index (χ0v) is 13.4. The second-order valence-electron chi connectivity index (χ2n) is 5.90. The van der Waals surface area contributed by atoms with Gasteiger partial charge in [0.25, 0.3) is 5.56 Å². The van der Waals surface area contributed by atoms with Crippen LogP contribution in [0, 0.1) is 0 Å². The lowest BCUT2D eigenvalue weighted by molar-refractivity contribution is -0.134. The average molecular weight is 320 g/mol. The number of nitrogens with one attached hydrogen (secondary N) is 1. The number of piperazine rings is 1. The lowest BCUT2D eigenvalue weighted by Gasteiger charge is -2.34. The third-order valence-electron chi connectivity index (χ3n) is 4.32. The molecule has 0 aliphatic carbocycles. The molecule has 1 N–H and O–H groups in total. The molecule has 1 saturated heterocycles. The molecule has 2 aromatic heterocycles. The number of carbonyl (C=O) groups excluding carboxylic acids is 1. The minimum Gasteiger partial charge on any atom is -0.336 e. The summed E-state index contributed by atoms with van der Waals surface area (Å²) in [6, 6.07) is 0.0382. The molecule has 0 radical (unpaired) electrons. The number of aromatic nitrogens is 4. The van der Waals surface area contributed by atoms with E-state index in [-0.39, 0.29) is 18.5 Å². The van der Waals surface area contributed by atoms with Gasteiger partial charge >= 0.3 is 5.69 Å². The Morgan fingerprint density at radius 3 is 2.83 bits per heavy atom. The van der Waals surface area contributed by atoms with Crippen molar-refractivity contribution in [3.63, 3.8) is 0 Å². The van der Waals surface area contributed by atoms with Crippen molar-refractivity contribution in [3.8, 4) is 0 Å². The number of hydrogen-bond donors (Lipinski definition) is 1. The molecular weight excluding hydrogens is 300 g/mol. The number of fused-ring (bicyclic) bond motifs is 1. The SMILES string of the molecule is C[C@@H]1CNCCN1C(=O)Cn1c(=O)c2c(ncn2C)n(C)c1=O. The number of rotatable bonds is 2. The standard InChI is InChI=1S/C14H20N6O3/c1-9-6-15-4-5-19(9)10(21)7-20-13(22)11-12(16-8-17(11)2)18(3)14(20)23/h8-9,15H,4-7H2,1-3H3/t9-/m1/s1. The Hall–Kier alpha value is -2.42. The molecule has 1 atom stereocenters. The Balaban J connectivity index is 2.03. The molecule has 2 aromatic rings. The van der Waals surface area contributed by atoms with Crippen LogP contribution in [0.2, 0.25) is 0 Å². The molecule has 1 fully saturated rings. The first kappa shape index (κ1) is 15.5. The van der Waals surface area contributed by atoms with Gasteiger partial charge in [-0.3, -0.25) is 14.2 Å². The molecule has 0 saturated carbocycles. The molecule has 1 amide bonds. The van der Waals surface area contributed by atoms with Gasteiger partial charge < -0.3 is 14.8 Å². The predicted molar refractivity (Wildman–Crippen MR) is 84.3 cm³/mol. The Labute approximate surface area is 132 Å². The highest BCUT2D eigenvalue weighted by Crippen LogP contribution is 2.05. The van der Waals surface area contributed by atoms with Gasteiger partial charge in [-0.05, 0) is 6.92 Å². The minimum atomic E-state index is -0.530. The van der Waals surface area contributed by atoms with Crippen LogP contribution in [-0.4, -0.2) is 55.2 Å². The van der Waals surface area contributed by atoms with Crippen molar-refractivity contribution in [2.75, 3.05) is 19.6 Å². The van der Waals surface area contributed by atoms with E-state index in [1.165, 1.54) is 10.9 Å². The molecule has 9 nitrogen and oxygen atoms in total. The first-order valence-corrected chi connectivity index (χ1v) is 7.53. The highest BCUT2D eigenvalue weighted by molar-refractivity contribution is 5.77. The van der Waals surface area contributed by atoms with Gasteiger partial charge in [-0.15, -0.1) is 0 Å². The number of imidazole rings is 1. The van der Waals surface area contributed by atoms with Gasteiger partial charge in [-0.25, -0.2) is 14.3 Å². The van der Waals surface area contributed by atoms with Gasteiger partial charge in [0.05, 0.1) is 6.33 Å². The smallest absolute Gasteiger partial charge is 0.332 e. The fourth-order valence-electron chi connectivity index (χ4n) is 2.97. The van der Waals surface area contributed by atoms with Gasteiger partial charge in [0, 0.05) is 39.8 Å². The third kappa shape index (κ3) is 2.46. The van der Waals surface area contributed by atoms with Crippen molar-refractivity contribution in [3.05, 3.63) is 27.2 Å². The quantitative estimate of drug-likeness (QED) is 0.708. The Morgan fingerprint density at radius 2 is 2.13 bits per heavy atom. The normalized spacial score (nSPS) is 18.6. The summed E-state index contributed by atoms with van der Waals surface area (Å²) in [6.45, 7) is 3.68. The number of hydrogen-bond acceptors (Lipinski definition) is 5. The summed E-state index contributed by atoms with van der Waals surface area (Å²) in [5.41, 5.74) is -0.383. The summed E-state index contributed by atoms with van der Waals surface area (Å²) in [7, 11) is 3.23. The summed E-state index contributed by atoms with van der Waals surface area (Å²) >= 11 is 0. The summed E-state index contributed by atoms with van der Waals surface area (Å²) in [4.78, 5) is 43.3. The molecule has 124 valence electrons. The van der Waals surface area contributed by atoms with Crippen LogP contribution in [0.5, 0.6) is 0 Å². The Kier molecular flexibility index (Phi) is 3.80. The number of carbonyl (C=O) groups is 1. The summed E-state index contributed by atoms with van der Waals surface area (Å²) in [5, 5.41) is 3.20. The van der Waals surface area contributed by atoms with Crippen LogP contribution in [-0.2, 0) is 25.4 Å². The van der Waals surface area contributed by atoms with Gasteiger partial charge in [0.1, 0.15) is 6.54 Å². The summed E-state index contributed by atoms with van der Waals surface area (Å²) < 4.78 is 3.85. The molecular formula is C14H20N6O3. The van der Waals surface area contributed by atoms with E-state index in [0.717, 1.165) is 4.57 Å². The van der Waals surface area contributed by atoms with Crippen LogP contribution in [0.25, 0.3) is 11.2 Å². The molecule has 0 spiro atoms. The Bertz CT molecular complexity index is 877. The first-order valence-electron chi connectivity index (χ1n) is 7.53. The summed E-state index contributed by atoms with van der Waals surface area (Å²) in [6.07, 6.45) is 1.48. The van der Waals surface area contributed by atoms with E-state index >= 15 is 0 Å². The van der Waals surface area contributed by atoms with E-state index in [0.29, 0.717) is 30.8 Å². The van der Waals surface area contributed by atoms with Gasteiger partial charge in [0.15, 0.2) is 11.2 Å². The molecule has 0 aromatic carbocycles. The molecule has 0 bridgehead atoms. The van der Waals surface area contributed by atoms with Crippen LogP contribution >= 0.6 is 0 Å². The first-order chi connectivity index (χ1) is 10.9. The van der Waals surface area contributed by atoms with Crippen LogP contribution < -0.4 is 16.6 Å². The van der Waals surface area contributed by atoms with E-state index in [1.54, 1.807) is 23.6 Å². The van der Waals surface area contributed by atoms with Crippen molar-refractivity contribution < 1.29 is 4.79 Å². The molecule has 1 aliphatic heterocycles. The zero-order valence-electron chi connectivity index (χ0n) is 13.4. The van der Waals surface area contributed by atoms with Crippen molar-refractivity contribution in [2.24, 2.45) is 14.1 Å². The lowest BCUT2D eigenvalue weighted by Crippen LogP contribution is -2.54. The second kappa shape index (κ2) is 5.65. The minimum absolute atomic E-state index is 0.0382. The zero-order chi connectivity index (χ0) is 16.7. The van der Waals surface area contributed by atoms with Gasteiger partial charge in [-0.1, -0.05) is 0 Å². The fraction of sp³-hybridized carbons (Fsp3) is 0.571. The van der Waals surface area contributed by atoms with Crippen LogP contribution in [0.4, 0.5) is 0 Å². The van der Waals surface area contributed by atoms with Crippen LogP contribution in [0.15, 0.2) is 15.9 Å². The number of nitrogens with zero attached hydrogens (tertiary/aromatic N) is 5. The summed E-state index contributed by atoms with van der Waals surface area (Å²) in [5.74, 6) is -0.222. The molecule has 0 unspecified atom stereocenters. The maximum Gasteiger partial charge on any atom is 0.332 e. The second-order valence-corrected chi connectivity index (χ2v) is 5.90. The van der Waals surface area contributed by atoms with Crippen molar-refractivity contribution in [1.82, 2.24) is 28.9 Å². The molecule has 23 heavy (non-hydrogen) atoms. The number of aryl methyl sites for hydroxylation is 2. The van der Waals surface area contributed by atoms with Crippen LogP contribution in [0.1, 0.15) is 6.92 Å². The fourth-order valence-corrected chi connectivity index (χ4v) is 2.97. The molecule has 3 rings (SSSR count). The van der Waals surface area contributed by atoms with E-state index in [9.17, 15) is 14.4 Å². The van der Waals surface area contributed by atoms with E-state index < -0.39 is 11.2 Å². The van der Waals surface area contributed by atoms with Gasteiger partial charge in [0.2, 0.25) is 5.91 Å². The molecule has 3 heterocycles. The van der Waals surface area contributed by atoms with Gasteiger partial charge in [-0.2, -0.15) is 0 Å². The Morgan fingerprint density at radius 1 is 1.39 bits per heavy atom. The van der Waals surface area contributed by atoms with E-state index in [2.05, 4.69) is 10.3 Å². The lowest BCUT2D eigenvalue weighted by atomic mass is 10.2. The number of amides is 1. The van der Waals surface area contributed by atoms with Crippen molar-refractivity contribution in [1.29, 1.82) is 0 Å². The molecule has 9 heteroatoms. The largest absolute Gasteiger partial charge is 0.336 e. The average Bonchev–Trinajstić information content (AvgIpc) is 2.91. The third-order valence-corrected chi connectivity index (χ3v) is 4.32. The highest BCUT2D eigenvalue weighted by Gasteiger charge is 2.25. The van der Waals surface area contributed by atoms with E-state index in [4.69, 9.17) is 0 Å². The monoisotopic (exact) mass is 320 g/mol. The topological polar surface area (TPSA) is 94.2 Å². The van der Waals surface area contributed by atoms with Crippen molar-refractivity contribution >= 4 is 17.1 Å². The van der Waals surface area contributed by atoms with Crippen LogP contribution in [0.3, 0.4) is 0 Å². The van der Waals surface area contributed by atoms with Crippen molar-refractivity contribution in [2.45, 2.75) is 19.5 Å². The highest BCUT2D eigenvalue weighted by atomic mass is 16.2. The predicted octanol–water partition coefficient (Wildman–Crippen LogP) is -1.75. The maximum atomic E-state index is 12.6.